The summed E-state index contributed by atoms with van der Waals surface area (Å²) in [6.07, 6.45) is 1.63. The number of nitrogens with one attached hydrogen (secondary N) is 2. The Kier molecular flexibility index (Phi) is 6.73. The van der Waals surface area contributed by atoms with E-state index >= 15 is 0 Å². The van der Waals surface area contributed by atoms with Crippen LogP contribution in [0.3, 0.4) is 0 Å². The molecule has 0 saturated carbocycles. The van der Waals surface area contributed by atoms with Crippen LogP contribution in [0.2, 0.25) is 0 Å². The molecule has 1 fully saturated rings. The van der Waals surface area contributed by atoms with Gasteiger partial charge in [0.15, 0.2) is 0 Å². The van der Waals surface area contributed by atoms with Crippen LogP contribution in [0.25, 0.3) is 10.8 Å². The maximum Gasteiger partial charge on any atom is 0.254 e. The fraction of sp³-hybridized carbons (Fsp3) is 0.296. The summed E-state index contributed by atoms with van der Waals surface area (Å²) in [5.41, 5.74) is 3.00. The van der Waals surface area contributed by atoms with Gasteiger partial charge in [0.25, 0.3) is 5.91 Å². The Balaban J connectivity index is 1.39. The first kappa shape index (κ1) is 22.5. The zero-order valence-electron chi connectivity index (χ0n) is 19.1. The number of hydrogen-bond acceptors (Lipinski definition) is 3. The molecule has 3 aromatic rings. The number of hydrogen-bond donors (Lipinski definition) is 2. The molecule has 3 amide bonds. The molecule has 4 rings (SSSR count). The molecule has 0 aliphatic carbocycles. The van der Waals surface area contributed by atoms with Crippen molar-refractivity contribution in [2.24, 2.45) is 5.92 Å². The molecule has 0 atom stereocenters. The monoisotopic (exact) mass is 443 g/mol. The second-order valence-corrected chi connectivity index (χ2v) is 8.51. The number of benzene rings is 3. The maximum atomic E-state index is 13.2. The number of fused-ring (bicyclic) bond motifs is 1. The van der Waals surface area contributed by atoms with Gasteiger partial charge in [0.1, 0.15) is 0 Å². The SMILES string of the molecule is CCC(=O)Nc1ccc(C)c(NC(=O)C2CCN(C(=O)c3cccc4ccccc34)CC2)c1. The molecule has 2 N–H and O–H groups in total. The molecule has 1 aliphatic rings. The molecule has 33 heavy (non-hydrogen) atoms. The first-order chi connectivity index (χ1) is 16.0. The summed E-state index contributed by atoms with van der Waals surface area (Å²) in [6.45, 7) is 4.81. The van der Waals surface area contributed by atoms with Gasteiger partial charge in [-0.25, -0.2) is 0 Å². The average molecular weight is 444 g/mol. The zero-order valence-corrected chi connectivity index (χ0v) is 19.1. The van der Waals surface area contributed by atoms with Crippen molar-refractivity contribution in [1.29, 1.82) is 0 Å². The number of likely N-dealkylation sites (tertiary alicyclic amines) is 1. The first-order valence-electron chi connectivity index (χ1n) is 11.4. The lowest BCUT2D eigenvalue weighted by Crippen LogP contribution is -2.41. The molecule has 1 heterocycles. The minimum atomic E-state index is -0.158. The van der Waals surface area contributed by atoms with Crippen molar-refractivity contribution in [3.8, 4) is 0 Å². The van der Waals surface area contributed by atoms with Crippen molar-refractivity contribution in [3.05, 3.63) is 71.8 Å². The molecule has 6 heteroatoms. The van der Waals surface area contributed by atoms with Gasteiger partial charge in [0, 0.05) is 42.4 Å². The minimum absolute atomic E-state index is 0.0147. The lowest BCUT2D eigenvalue weighted by atomic mass is 9.94. The van der Waals surface area contributed by atoms with E-state index in [4.69, 9.17) is 0 Å². The highest BCUT2D eigenvalue weighted by Crippen LogP contribution is 2.26. The predicted molar refractivity (Wildman–Crippen MR) is 131 cm³/mol. The van der Waals surface area contributed by atoms with Gasteiger partial charge < -0.3 is 15.5 Å². The van der Waals surface area contributed by atoms with Crippen LogP contribution in [0.5, 0.6) is 0 Å². The summed E-state index contributed by atoms with van der Waals surface area (Å²) in [5.74, 6) is -0.260. The summed E-state index contributed by atoms with van der Waals surface area (Å²) >= 11 is 0. The van der Waals surface area contributed by atoms with E-state index in [1.165, 1.54) is 0 Å². The predicted octanol–water partition coefficient (Wildman–Crippen LogP) is 4.99. The Bertz CT molecular complexity index is 1190. The van der Waals surface area contributed by atoms with Crippen molar-refractivity contribution in [2.75, 3.05) is 23.7 Å². The Morgan fingerprint density at radius 2 is 1.67 bits per heavy atom. The average Bonchev–Trinajstić information content (AvgIpc) is 2.85. The second-order valence-electron chi connectivity index (χ2n) is 8.51. The summed E-state index contributed by atoms with van der Waals surface area (Å²) < 4.78 is 0. The van der Waals surface area contributed by atoms with E-state index in [1.54, 1.807) is 13.0 Å². The molecule has 0 unspecified atom stereocenters. The van der Waals surface area contributed by atoms with Gasteiger partial charge in [0.05, 0.1) is 0 Å². The zero-order chi connectivity index (χ0) is 23.4. The van der Waals surface area contributed by atoms with E-state index < -0.39 is 0 Å². The molecule has 170 valence electrons. The van der Waals surface area contributed by atoms with Crippen molar-refractivity contribution in [2.45, 2.75) is 33.1 Å². The standard InChI is InChI=1S/C27H29N3O3/c1-3-25(31)28-21-12-11-18(2)24(17-21)29-26(32)20-13-15-30(16-14-20)27(33)23-10-6-8-19-7-4-5-9-22(19)23/h4-12,17,20H,3,13-16H2,1-2H3,(H,28,31)(H,29,32). The summed E-state index contributed by atoms with van der Waals surface area (Å²) in [6, 6.07) is 19.2. The molecule has 3 aromatic carbocycles. The third kappa shape index (κ3) is 5.06. The van der Waals surface area contributed by atoms with Crippen LogP contribution in [0.4, 0.5) is 11.4 Å². The smallest absolute Gasteiger partial charge is 0.254 e. The minimum Gasteiger partial charge on any atom is -0.339 e. The van der Waals surface area contributed by atoms with Crippen LogP contribution < -0.4 is 10.6 Å². The van der Waals surface area contributed by atoms with E-state index in [-0.39, 0.29) is 23.6 Å². The number of aryl methyl sites for hydroxylation is 1. The van der Waals surface area contributed by atoms with Gasteiger partial charge in [-0.2, -0.15) is 0 Å². The van der Waals surface area contributed by atoms with E-state index in [9.17, 15) is 14.4 Å². The van der Waals surface area contributed by atoms with Crippen molar-refractivity contribution < 1.29 is 14.4 Å². The Morgan fingerprint density at radius 1 is 0.939 bits per heavy atom. The lowest BCUT2D eigenvalue weighted by Gasteiger charge is -2.31. The van der Waals surface area contributed by atoms with E-state index in [2.05, 4.69) is 10.6 Å². The largest absolute Gasteiger partial charge is 0.339 e. The summed E-state index contributed by atoms with van der Waals surface area (Å²) in [7, 11) is 0. The van der Waals surface area contributed by atoms with Crippen LogP contribution in [0.15, 0.2) is 60.7 Å². The highest BCUT2D eigenvalue weighted by Gasteiger charge is 2.28. The van der Waals surface area contributed by atoms with Crippen LogP contribution in [0, 0.1) is 12.8 Å². The van der Waals surface area contributed by atoms with Gasteiger partial charge in [-0.1, -0.05) is 49.4 Å². The molecule has 0 radical (unpaired) electrons. The number of nitrogens with zero attached hydrogens (tertiary/aromatic N) is 1. The van der Waals surface area contributed by atoms with Crippen LogP contribution in [0.1, 0.15) is 42.1 Å². The molecule has 6 nitrogen and oxygen atoms in total. The van der Waals surface area contributed by atoms with Gasteiger partial charge in [0.2, 0.25) is 11.8 Å². The second kappa shape index (κ2) is 9.86. The van der Waals surface area contributed by atoms with Crippen molar-refractivity contribution >= 4 is 39.9 Å². The molecular formula is C27H29N3O3. The van der Waals surface area contributed by atoms with Crippen LogP contribution in [-0.2, 0) is 9.59 Å². The fourth-order valence-corrected chi connectivity index (χ4v) is 4.25. The quantitative estimate of drug-likeness (QED) is 0.583. The number of amides is 3. The highest BCUT2D eigenvalue weighted by molar-refractivity contribution is 6.07. The molecule has 0 spiro atoms. The Hall–Kier alpha value is -3.67. The van der Waals surface area contributed by atoms with E-state index in [0.717, 1.165) is 16.3 Å². The molecule has 1 saturated heterocycles. The normalized spacial score (nSPS) is 14.2. The third-order valence-corrected chi connectivity index (χ3v) is 6.27. The molecule has 0 bridgehead atoms. The topological polar surface area (TPSA) is 78.5 Å². The van der Waals surface area contributed by atoms with Gasteiger partial charge in [-0.3, -0.25) is 14.4 Å². The van der Waals surface area contributed by atoms with Gasteiger partial charge in [-0.05, 0) is 54.3 Å². The molecule has 0 aromatic heterocycles. The number of anilines is 2. The Morgan fingerprint density at radius 3 is 2.42 bits per heavy atom. The van der Waals surface area contributed by atoms with Gasteiger partial charge >= 0.3 is 0 Å². The van der Waals surface area contributed by atoms with E-state index in [1.807, 2.05) is 66.4 Å². The number of carbonyl (C=O) groups is 3. The molecule has 1 aliphatic heterocycles. The van der Waals surface area contributed by atoms with Crippen molar-refractivity contribution in [3.63, 3.8) is 0 Å². The highest BCUT2D eigenvalue weighted by atomic mass is 16.2. The van der Waals surface area contributed by atoms with Crippen LogP contribution >= 0.6 is 0 Å². The van der Waals surface area contributed by atoms with Crippen LogP contribution in [-0.4, -0.2) is 35.7 Å². The fourth-order valence-electron chi connectivity index (χ4n) is 4.25. The van der Waals surface area contributed by atoms with Gasteiger partial charge in [-0.15, -0.1) is 0 Å². The third-order valence-electron chi connectivity index (χ3n) is 6.27. The Labute approximate surface area is 194 Å². The first-order valence-corrected chi connectivity index (χ1v) is 11.4. The number of rotatable bonds is 5. The lowest BCUT2D eigenvalue weighted by molar-refractivity contribution is -0.121. The van der Waals surface area contributed by atoms with E-state index in [0.29, 0.717) is 49.3 Å². The number of piperidine rings is 1. The summed E-state index contributed by atoms with van der Waals surface area (Å²) in [4.78, 5) is 39.6. The molecular weight excluding hydrogens is 414 g/mol. The number of carbonyl (C=O) groups excluding carboxylic acids is 3. The maximum absolute atomic E-state index is 13.2. The summed E-state index contributed by atoms with van der Waals surface area (Å²) in [5, 5.41) is 7.84. The van der Waals surface area contributed by atoms with Crippen molar-refractivity contribution in [1.82, 2.24) is 4.90 Å².